The molecule has 4 nitrogen and oxygen atoms in total. The molecule has 0 radical (unpaired) electrons. The first-order chi connectivity index (χ1) is 7.59. The van der Waals surface area contributed by atoms with E-state index in [4.69, 9.17) is 16.7 Å². The van der Waals surface area contributed by atoms with Crippen LogP contribution in [0.1, 0.15) is 10.6 Å². The number of carbonyl (C=O) groups is 1. The van der Waals surface area contributed by atoms with E-state index in [0.717, 1.165) is 11.3 Å². The molecule has 0 fully saturated rings. The van der Waals surface area contributed by atoms with Gasteiger partial charge in [-0.05, 0) is 12.1 Å². The number of imidazole rings is 1. The number of hydrogen-bond donors (Lipinski definition) is 1. The van der Waals surface area contributed by atoms with E-state index >= 15 is 0 Å². The second kappa shape index (κ2) is 3.98. The van der Waals surface area contributed by atoms with E-state index in [2.05, 4.69) is 4.98 Å². The van der Waals surface area contributed by atoms with Crippen molar-refractivity contribution in [3.05, 3.63) is 41.3 Å². The summed E-state index contributed by atoms with van der Waals surface area (Å²) < 4.78 is 1.52. The number of halogens is 1. The molecule has 1 N–H and O–H groups in total. The van der Waals surface area contributed by atoms with Gasteiger partial charge in [0.05, 0.1) is 11.9 Å². The Morgan fingerprint density at radius 1 is 1.50 bits per heavy atom. The predicted octanol–water partition coefficient (Wildman–Crippen LogP) is 2.44. The van der Waals surface area contributed by atoms with E-state index < -0.39 is 5.97 Å². The fraction of sp³-hybridized carbons (Fsp3) is 0.0909. The third kappa shape index (κ3) is 1.79. The molecular weight excluding hydrogens is 228 g/mol. The van der Waals surface area contributed by atoms with Crippen molar-refractivity contribution in [3.8, 4) is 11.3 Å². The van der Waals surface area contributed by atoms with Crippen molar-refractivity contribution >= 4 is 17.6 Å². The van der Waals surface area contributed by atoms with Crippen LogP contribution in [0.3, 0.4) is 0 Å². The second-order valence-corrected chi connectivity index (χ2v) is 3.78. The summed E-state index contributed by atoms with van der Waals surface area (Å²) in [4.78, 5) is 14.7. The molecule has 2 rings (SSSR count). The first-order valence-corrected chi connectivity index (χ1v) is 4.98. The summed E-state index contributed by atoms with van der Waals surface area (Å²) >= 11 is 5.87. The first kappa shape index (κ1) is 10.7. The second-order valence-electron chi connectivity index (χ2n) is 3.34. The number of nitrogens with zero attached hydrogens (tertiary/aromatic N) is 2. The first-order valence-electron chi connectivity index (χ1n) is 4.60. The van der Waals surface area contributed by atoms with Gasteiger partial charge in [0.1, 0.15) is 0 Å². The molecule has 5 heteroatoms. The van der Waals surface area contributed by atoms with Crippen LogP contribution in [0.2, 0.25) is 5.02 Å². The Balaban J connectivity index is 2.53. The fourth-order valence-corrected chi connectivity index (χ4v) is 1.71. The molecule has 1 heterocycles. The van der Waals surface area contributed by atoms with Gasteiger partial charge in [-0.1, -0.05) is 23.7 Å². The van der Waals surface area contributed by atoms with Crippen molar-refractivity contribution < 1.29 is 9.90 Å². The average molecular weight is 237 g/mol. The third-order valence-corrected chi connectivity index (χ3v) is 2.53. The molecule has 1 aromatic heterocycles. The fourth-order valence-electron chi connectivity index (χ4n) is 1.52. The van der Waals surface area contributed by atoms with Crippen LogP contribution in [-0.2, 0) is 7.05 Å². The van der Waals surface area contributed by atoms with Crippen LogP contribution in [0.5, 0.6) is 0 Å². The highest BCUT2D eigenvalue weighted by Crippen LogP contribution is 2.22. The smallest absolute Gasteiger partial charge is 0.372 e. The van der Waals surface area contributed by atoms with E-state index in [1.54, 1.807) is 19.2 Å². The van der Waals surface area contributed by atoms with Gasteiger partial charge in [-0.15, -0.1) is 0 Å². The van der Waals surface area contributed by atoms with Crippen LogP contribution in [0.4, 0.5) is 0 Å². The molecule has 0 aliphatic heterocycles. The number of rotatable bonds is 2. The number of benzene rings is 1. The summed E-state index contributed by atoms with van der Waals surface area (Å²) in [7, 11) is 1.66. The van der Waals surface area contributed by atoms with Crippen LogP contribution in [0, 0.1) is 0 Å². The lowest BCUT2D eigenvalue weighted by Gasteiger charge is -2.03. The monoisotopic (exact) mass is 236 g/mol. The van der Waals surface area contributed by atoms with E-state index in [0.29, 0.717) is 5.02 Å². The Morgan fingerprint density at radius 2 is 2.25 bits per heavy atom. The highest BCUT2D eigenvalue weighted by Gasteiger charge is 2.13. The lowest BCUT2D eigenvalue weighted by Crippen LogP contribution is -2.06. The molecule has 0 spiro atoms. The van der Waals surface area contributed by atoms with Crippen LogP contribution < -0.4 is 0 Å². The maximum Gasteiger partial charge on any atom is 0.372 e. The average Bonchev–Trinajstić information content (AvgIpc) is 2.60. The van der Waals surface area contributed by atoms with Crippen LogP contribution in [0.25, 0.3) is 11.3 Å². The van der Waals surface area contributed by atoms with E-state index in [1.807, 2.05) is 12.1 Å². The Hall–Kier alpha value is -1.81. The summed E-state index contributed by atoms with van der Waals surface area (Å²) in [6.07, 6.45) is 1.52. The van der Waals surface area contributed by atoms with Crippen molar-refractivity contribution in [2.24, 2.45) is 7.05 Å². The molecule has 0 saturated heterocycles. The molecule has 0 unspecified atom stereocenters. The van der Waals surface area contributed by atoms with E-state index in [9.17, 15) is 4.79 Å². The summed E-state index contributed by atoms with van der Waals surface area (Å²) in [6.45, 7) is 0. The number of hydrogen-bond acceptors (Lipinski definition) is 2. The molecule has 0 aliphatic carbocycles. The number of aromatic carboxylic acids is 1. The minimum Gasteiger partial charge on any atom is -0.475 e. The molecule has 16 heavy (non-hydrogen) atoms. The van der Waals surface area contributed by atoms with Gasteiger partial charge in [-0.2, -0.15) is 0 Å². The third-order valence-electron chi connectivity index (χ3n) is 2.30. The quantitative estimate of drug-likeness (QED) is 0.871. The zero-order valence-electron chi connectivity index (χ0n) is 8.51. The standard InChI is InChI=1S/C11H9ClN2O2/c1-14-9(6-13-10(14)11(15)16)7-3-2-4-8(12)5-7/h2-6H,1H3,(H,15,16). The van der Waals surface area contributed by atoms with Crippen LogP contribution >= 0.6 is 11.6 Å². The SMILES string of the molecule is Cn1c(-c2cccc(Cl)c2)cnc1C(=O)O. The highest BCUT2D eigenvalue weighted by atomic mass is 35.5. The number of aromatic nitrogens is 2. The van der Waals surface area contributed by atoms with Gasteiger partial charge >= 0.3 is 5.97 Å². The Morgan fingerprint density at radius 3 is 2.81 bits per heavy atom. The molecule has 0 saturated carbocycles. The van der Waals surface area contributed by atoms with Gasteiger partial charge in [0, 0.05) is 17.6 Å². The van der Waals surface area contributed by atoms with Crippen molar-refractivity contribution in [3.63, 3.8) is 0 Å². The zero-order valence-corrected chi connectivity index (χ0v) is 9.27. The minimum absolute atomic E-state index is 0.00924. The lowest BCUT2D eigenvalue weighted by atomic mass is 10.2. The van der Waals surface area contributed by atoms with Crippen molar-refractivity contribution in [2.75, 3.05) is 0 Å². The van der Waals surface area contributed by atoms with E-state index in [1.165, 1.54) is 10.8 Å². The molecule has 0 amide bonds. The van der Waals surface area contributed by atoms with Crippen LogP contribution in [-0.4, -0.2) is 20.6 Å². The highest BCUT2D eigenvalue weighted by molar-refractivity contribution is 6.30. The number of carboxylic acid groups (broad SMARTS) is 1. The van der Waals surface area contributed by atoms with Gasteiger partial charge < -0.3 is 9.67 Å². The van der Waals surface area contributed by atoms with Gasteiger partial charge in [-0.3, -0.25) is 0 Å². The molecule has 0 aliphatic rings. The Kier molecular flexibility index (Phi) is 2.66. The molecule has 82 valence electrons. The Labute approximate surface area is 97.1 Å². The van der Waals surface area contributed by atoms with Crippen molar-refractivity contribution in [1.82, 2.24) is 9.55 Å². The van der Waals surface area contributed by atoms with Gasteiger partial charge in [0.2, 0.25) is 5.82 Å². The molecule has 2 aromatic rings. The van der Waals surface area contributed by atoms with Crippen LogP contribution in [0.15, 0.2) is 30.5 Å². The predicted molar refractivity (Wildman–Crippen MR) is 60.6 cm³/mol. The van der Waals surface area contributed by atoms with Crippen molar-refractivity contribution in [1.29, 1.82) is 0 Å². The summed E-state index contributed by atoms with van der Waals surface area (Å²) in [5.41, 5.74) is 1.56. The van der Waals surface area contributed by atoms with Crippen molar-refractivity contribution in [2.45, 2.75) is 0 Å². The van der Waals surface area contributed by atoms with E-state index in [-0.39, 0.29) is 5.82 Å². The molecule has 0 bridgehead atoms. The molecular formula is C11H9ClN2O2. The van der Waals surface area contributed by atoms with Gasteiger partial charge in [-0.25, -0.2) is 9.78 Å². The summed E-state index contributed by atoms with van der Waals surface area (Å²) in [5, 5.41) is 9.48. The topological polar surface area (TPSA) is 55.1 Å². The largest absolute Gasteiger partial charge is 0.475 e. The maximum atomic E-state index is 10.8. The zero-order chi connectivity index (χ0) is 11.7. The molecule has 0 atom stereocenters. The normalized spacial score (nSPS) is 10.4. The maximum absolute atomic E-state index is 10.8. The Bertz CT molecular complexity index is 549. The summed E-state index contributed by atoms with van der Waals surface area (Å²) in [6, 6.07) is 7.20. The number of carboxylic acids is 1. The van der Waals surface area contributed by atoms with Gasteiger partial charge in [0.15, 0.2) is 0 Å². The van der Waals surface area contributed by atoms with Gasteiger partial charge in [0.25, 0.3) is 0 Å². The summed E-state index contributed by atoms with van der Waals surface area (Å²) in [5.74, 6) is -1.04. The lowest BCUT2D eigenvalue weighted by molar-refractivity contribution is 0.0680. The molecule has 1 aromatic carbocycles. The minimum atomic E-state index is -1.05.